The normalized spacial score (nSPS) is 10.2. The first-order valence-corrected chi connectivity index (χ1v) is 6.55. The molecule has 0 radical (unpaired) electrons. The van der Waals surface area contributed by atoms with Gasteiger partial charge in [0.1, 0.15) is 0 Å². The molecule has 0 unspecified atom stereocenters. The predicted molar refractivity (Wildman–Crippen MR) is 82.1 cm³/mol. The molecule has 0 fully saturated rings. The highest BCUT2D eigenvalue weighted by molar-refractivity contribution is 14.1. The van der Waals surface area contributed by atoms with Crippen LogP contribution in [0, 0.1) is 3.57 Å². The minimum absolute atomic E-state index is 0.829. The first-order chi connectivity index (χ1) is 8.16. The number of rotatable bonds is 3. The molecule has 2 rings (SSSR count). The van der Waals surface area contributed by atoms with Gasteiger partial charge >= 0.3 is 0 Å². The van der Waals surface area contributed by atoms with E-state index < -0.39 is 0 Å². The molecule has 2 aromatic rings. The molecule has 88 valence electrons. The Labute approximate surface area is 116 Å². The largest absolute Gasteiger partial charge is 0.397 e. The molecule has 2 N–H and O–H groups in total. The zero-order valence-electron chi connectivity index (χ0n) is 9.73. The molecule has 0 saturated heterocycles. The van der Waals surface area contributed by atoms with Gasteiger partial charge in [-0.05, 0) is 46.4 Å². The highest BCUT2D eigenvalue weighted by atomic mass is 127. The summed E-state index contributed by atoms with van der Waals surface area (Å²) in [6.07, 6.45) is 0. The molecule has 0 spiro atoms. The van der Waals surface area contributed by atoms with E-state index in [1.54, 1.807) is 0 Å². The molecule has 0 atom stereocenters. The summed E-state index contributed by atoms with van der Waals surface area (Å²) in [5.74, 6) is 0. The highest BCUT2D eigenvalue weighted by Crippen LogP contribution is 2.25. The molecular formula is C14H15IN2. The van der Waals surface area contributed by atoms with Crippen molar-refractivity contribution in [3.63, 3.8) is 0 Å². The lowest BCUT2D eigenvalue weighted by Gasteiger charge is -2.21. The first-order valence-electron chi connectivity index (χ1n) is 5.47. The van der Waals surface area contributed by atoms with Crippen LogP contribution in [0.15, 0.2) is 48.5 Å². The molecule has 2 aromatic carbocycles. The molecule has 0 aliphatic carbocycles. The van der Waals surface area contributed by atoms with E-state index in [0.717, 1.165) is 21.5 Å². The van der Waals surface area contributed by atoms with Gasteiger partial charge in [0.15, 0.2) is 0 Å². The van der Waals surface area contributed by atoms with E-state index in [1.165, 1.54) is 5.56 Å². The van der Waals surface area contributed by atoms with Crippen molar-refractivity contribution >= 4 is 34.0 Å². The van der Waals surface area contributed by atoms with Crippen LogP contribution in [0.25, 0.3) is 0 Å². The summed E-state index contributed by atoms with van der Waals surface area (Å²) in [5, 5.41) is 0. The molecule has 0 aliphatic heterocycles. The minimum atomic E-state index is 0.829. The van der Waals surface area contributed by atoms with Crippen LogP contribution in [0.5, 0.6) is 0 Å². The van der Waals surface area contributed by atoms with Crippen molar-refractivity contribution in [2.75, 3.05) is 17.7 Å². The molecule has 3 heteroatoms. The summed E-state index contributed by atoms with van der Waals surface area (Å²) in [4.78, 5) is 2.17. The summed E-state index contributed by atoms with van der Waals surface area (Å²) >= 11 is 2.27. The third-order valence-electron chi connectivity index (χ3n) is 2.66. The van der Waals surface area contributed by atoms with E-state index in [1.807, 2.05) is 12.1 Å². The fourth-order valence-electron chi connectivity index (χ4n) is 1.82. The van der Waals surface area contributed by atoms with E-state index in [4.69, 9.17) is 5.73 Å². The second-order valence-corrected chi connectivity index (χ2v) is 5.29. The number of benzene rings is 2. The van der Waals surface area contributed by atoms with Crippen molar-refractivity contribution in [2.24, 2.45) is 0 Å². The maximum atomic E-state index is 6.03. The number of hydrogen-bond donors (Lipinski definition) is 1. The van der Waals surface area contributed by atoms with Gasteiger partial charge in [-0.1, -0.05) is 30.3 Å². The number of halogens is 1. The Morgan fingerprint density at radius 3 is 2.47 bits per heavy atom. The quantitative estimate of drug-likeness (QED) is 0.686. The number of hydrogen-bond acceptors (Lipinski definition) is 2. The van der Waals surface area contributed by atoms with Crippen molar-refractivity contribution in [2.45, 2.75) is 6.54 Å². The SMILES string of the molecule is CN(Cc1ccccc1)c1ccc(I)cc1N. The zero-order chi connectivity index (χ0) is 12.3. The van der Waals surface area contributed by atoms with Gasteiger partial charge < -0.3 is 10.6 Å². The van der Waals surface area contributed by atoms with Crippen LogP contribution in [0.1, 0.15) is 5.56 Å². The average molecular weight is 338 g/mol. The molecule has 0 amide bonds. The van der Waals surface area contributed by atoms with Gasteiger partial charge in [0.2, 0.25) is 0 Å². The predicted octanol–water partition coefficient (Wildman–Crippen LogP) is 3.51. The topological polar surface area (TPSA) is 29.3 Å². The van der Waals surface area contributed by atoms with Gasteiger partial charge in [0.25, 0.3) is 0 Å². The van der Waals surface area contributed by atoms with Crippen LogP contribution in [0.3, 0.4) is 0 Å². The lowest BCUT2D eigenvalue weighted by molar-refractivity contribution is 0.924. The second-order valence-electron chi connectivity index (χ2n) is 4.04. The standard InChI is InChI=1S/C14H15IN2/c1-17(10-11-5-3-2-4-6-11)14-8-7-12(15)9-13(14)16/h2-9H,10,16H2,1H3. The average Bonchev–Trinajstić information content (AvgIpc) is 2.30. The number of nitrogens with two attached hydrogens (primary N) is 1. The lowest BCUT2D eigenvalue weighted by atomic mass is 10.2. The maximum absolute atomic E-state index is 6.03. The number of nitrogen functional groups attached to an aromatic ring is 1. The first kappa shape index (κ1) is 12.2. The van der Waals surface area contributed by atoms with Crippen molar-refractivity contribution in [3.8, 4) is 0 Å². The van der Waals surface area contributed by atoms with Crippen LogP contribution in [-0.4, -0.2) is 7.05 Å². The third kappa shape index (κ3) is 3.12. The van der Waals surface area contributed by atoms with Crippen LogP contribution < -0.4 is 10.6 Å². The van der Waals surface area contributed by atoms with Gasteiger partial charge in [-0.25, -0.2) is 0 Å². The monoisotopic (exact) mass is 338 g/mol. The Morgan fingerprint density at radius 2 is 1.82 bits per heavy atom. The zero-order valence-corrected chi connectivity index (χ0v) is 11.9. The molecule has 2 nitrogen and oxygen atoms in total. The summed E-state index contributed by atoms with van der Waals surface area (Å²) in [6, 6.07) is 16.5. The lowest BCUT2D eigenvalue weighted by Crippen LogP contribution is -2.17. The molecule has 17 heavy (non-hydrogen) atoms. The van der Waals surface area contributed by atoms with Crippen molar-refractivity contribution < 1.29 is 0 Å². The number of anilines is 2. The van der Waals surface area contributed by atoms with E-state index in [-0.39, 0.29) is 0 Å². The second kappa shape index (κ2) is 5.40. The van der Waals surface area contributed by atoms with Crippen molar-refractivity contribution in [1.29, 1.82) is 0 Å². The van der Waals surface area contributed by atoms with E-state index in [0.29, 0.717) is 0 Å². The van der Waals surface area contributed by atoms with E-state index in [2.05, 4.69) is 70.9 Å². The Kier molecular flexibility index (Phi) is 3.89. The van der Waals surface area contributed by atoms with Crippen LogP contribution >= 0.6 is 22.6 Å². The van der Waals surface area contributed by atoms with Crippen LogP contribution in [0.4, 0.5) is 11.4 Å². The summed E-state index contributed by atoms with van der Waals surface area (Å²) < 4.78 is 1.16. The maximum Gasteiger partial charge on any atom is 0.0601 e. The summed E-state index contributed by atoms with van der Waals surface area (Å²) in [5.41, 5.74) is 9.22. The Bertz CT molecular complexity index is 497. The smallest absolute Gasteiger partial charge is 0.0601 e. The fourth-order valence-corrected chi connectivity index (χ4v) is 2.33. The number of nitrogens with zero attached hydrogens (tertiary/aromatic N) is 1. The minimum Gasteiger partial charge on any atom is -0.397 e. The fraction of sp³-hybridized carbons (Fsp3) is 0.143. The Balaban J connectivity index is 2.17. The van der Waals surface area contributed by atoms with Crippen molar-refractivity contribution in [3.05, 3.63) is 57.7 Å². The molecule has 0 heterocycles. The highest BCUT2D eigenvalue weighted by Gasteiger charge is 2.05. The summed E-state index contributed by atoms with van der Waals surface area (Å²) in [6.45, 7) is 0.867. The summed E-state index contributed by atoms with van der Waals surface area (Å²) in [7, 11) is 2.06. The van der Waals surface area contributed by atoms with Gasteiger partial charge in [-0.3, -0.25) is 0 Å². The van der Waals surface area contributed by atoms with Gasteiger partial charge in [0.05, 0.1) is 11.4 Å². The molecular weight excluding hydrogens is 323 g/mol. The third-order valence-corrected chi connectivity index (χ3v) is 3.33. The van der Waals surface area contributed by atoms with Gasteiger partial charge in [0, 0.05) is 17.2 Å². The van der Waals surface area contributed by atoms with E-state index >= 15 is 0 Å². The van der Waals surface area contributed by atoms with Crippen LogP contribution in [-0.2, 0) is 6.54 Å². The molecule has 0 aliphatic rings. The van der Waals surface area contributed by atoms with E-state index in [9.17, 15) is 0 Å². The van der Waals surface area contributed by atoms with Crippen molar-refractivity contribution in [1.82, 2.24) is 0 Å². The Hall–Kier alpha value is -1.23. The molecule has 0 aromatic heterocycles. The van der Waals surface area contributed by atoms with Crippen LogP contribution in [0.2, 0.25) is 0 Å². The van der Waals surface area contributed by atoms with Gasteiger partial charge in [-0.2, -0.15) is 0 Å². The molecule has 0 saturated carbocycles. The Morgan fingerprint density at radius 1 is 1.12 bits per heavy atom. The van der Waals surface area contributed by atoms with Gasteiger partial charge in [-0.15, -0.1) is 0 Å². The molecule has 0 bridgehead atoms.